The molecule has 0 bridgehead atoms. The number of nitrogens with one attached hydrogen (secondary N) is 1. The fourth-order valence-electron chi connectivity index (χ4n) is 5.19. The number of nitrogens with zero attached hydrogens (tertiary/aromatic N) is 7. The molecule has 1 atom stereocenters. The molecule has 210 valence electrons. The number of aryl methyl sites for hydroxylation is 2. The molecule has 2 aromatic carbocycles. The topological polar surface area (TPSA) is 138 Å². The number of aromatic nitrogens is 7. The molecule has 0 aliphatic carbocycles. The molecule has 0 saturated carbocycles. The van der Waals surface area contributed by atoms with E-state index in [1.165, 1.54) is 4.52 Å². The number of rotatable bonds is 6. The monoisotopic (exact) mass is 559 g/mol. The molecule has 42 heavy (non-hydrogen) atoms. The van der Waals surface area contributed by atoms with Crippen molar-refractivity contribution in [1.29, 1.82) is 0 Å². The van der Waals surface area contributed by atoms with Gasteiger partial charge in [0.25, 0.3) is 11.5 Å². The van der Waals surface area contributed by atoms with Crippen molar-refractivity contribution in [2.75, 3.05) is 5.73 Å². The third-order valence-corrected chi connectivity index (χ3v) is 7.35. The summed E-state index contributed by atoms with van der Waals surface area (Å²) in [4.78, 5) is 36.9. The highest BCUT2D eigenvalue weighted by Crippen LogP contribution is 2.24. The smallest absolute Gasteiger partial charge is 0.266 e. The summed E-state index contributed by atoms with van der Waals surface area (Å²) in [6.07, 6.45) is 7.13. The van der Waals surface area contributed by atoms with Gasteiger partial charge in [-0.15, -0.1) is 5.10 Å². The van der Waals surface area contributed by atoms with Gasteiger partial charge in [0.15, 0.2) is 11.5 Å². The molecule has 4 aromatic heterocycles. The highest BCUT2D eigenvalue weighted by molar-refractivity contribution is 6.04. The Morgan fingerprint density at radius 2 is 1.81 bits per heavy atom. The molecule has 0 radical (unpaired) electrons. The van der Waals surface area contributed by atoms with E-state index in [4.69, 9.17) is 10.7 Å². The molecule has 11 heteroatoms. The number of hydrogen-bond acceptors (Lipinski definition) is 7. The molecule has 3 N–H and O–H groups in total. The Kier molecular flexibility index (Phi) is 6.62. The maximum absolute atomic E-state index is 14.3. The highest BCUT2D eigenvalue weighted by Gasteiger charge is 2.24. The second-order valence-electron chi connectivity index (χ2n) is 10.1. The zero-order valence-corrected chi connectivity index (χ0v) is 23.6. The number of para-hydroxylation sites is 1. The van der Waals surface area contributed by atoms with Crippen molar-refractivity contribution in [3.63, 3.8) is 0 Å². The molecule has 0 saturated heterocycles. The summed E-state index contributed by atoms with van der Waals surface area (Å²) < 4.78 is 4.83. The standard InChI is InChI=1S/C31H29N9O2/c1-18-23(20(3)38(4)36-18)15-14-21-10-8-13-24-25(21)31(42)40(22-11-6-5-7-12-22)28(35-24)19(2)34-30(41)26-27(32)37-39-17-9-16-33-29(26)39/h5-17,19H,1-4H3,(H2,32,37)(H,34,41)/t19-/m1/s1. The van der Waals surface area contributed by atoms with Crippen LogP contribution in [0.2, 0.25) is 0 Å². The molecule has 6 rings (SSSR count). The number of nitrogen functional groups attached to an aromatic ring is 1. The Morgan fingerprint density at radius 3 is 2.55 bits per heavy atom. The lowest BCUT2D eigenvalue weighted by Crippen LogP contribution is -2.33. The molecular formula is C31H29N9O2. The number of fused-ring (bicyclic) bond motifs is 2. The van der Waals surface area contributed by atoms with Crippen LogP contribution in [0.4, 0.5) is 5.82 Å². The minimum Gasteiger partial charge on any atom is -0.381 e. The van der Waals surface area contributed by atoms with Crippen LogP contribution in [0.3, 0.4) is 0 Å². The Bertz CT molecular complexity index is 2070. The van der Waals surface area contributed by atoms with Gasteiger partial charge in [0.05, 0.1) is 28.3 Å². The number of carbonyl (C=O) groups excluding carboxylic acids is 1. The van der Waals surface area contributed by atoms with Gasteiger partial charge in [-0.1, -0.05) is 42.5 Å². The summed E-state index contributed by atoms with van der Waals surface area (Å²) in [5, 5.41) is 12.1. The number of amides is 1. The molecule has 0 aliphatic rings. The molecule has 0 aliphatic heterocycles. The normalized spacial score (nSPS) is 12.4. The van der Waals surface area contributed by atoms with E-state index in [-0.39, 0.29) is 16.9 Å². The van der Waals surface area contributed by atoms with Crippen molar-refractivity contribution < 1.29 is 4.79 Å². The van der Waals surface area contributed by atoms with Gasteiger partial charge < -0.3 is 11.1 Å². The number of hydrogen-bond donors (Lipinski definition) is 2. The van der Waals surface area contributed by atoms with E-state index in [2.05, 4.69) is 20.5 Å². The predicted molar refractivity (Wildman–Crippen MR) is 162 cm³/mol. The minimum atomic E-state index is -0.673. The molecule has 0 spiro atoms. The largest absolute Gasteiger partial charge is 0.381 e. The lowest BCUT2D eigenvalue weighted by atomic mass is 10.1. The average molecular weight is 560 g/mol. The van der Waals surface area contributed by atoms with Crippen LogP contribution in [0.1, 0.15) is 51.7 Å². The fraction of sp³-hybridized carbons (Fsp3) is 0.161. The maximum Gasteiger partial charge on any atom is 0.266 e. The van der Waals surface area contributed by atoms with Crippen LogP contribution in [0, 0.1) is 13.8 Å². The molecule has 6 aromatic rings. The maximum atomic E-state index is 14.3. The van der Waals surface area contributed by atoms with Crippen LogP contribution >= 0.6 is 0 Å². The molecule has 4 heterocycles. The molecule has 0 unspecified atom stereocenters. The Balaban J connectivity index is 1.47. The van der Waals surface area contributed by atoms with E-state index in [1.807, 2.05) is 80.2 Å². The van der Waals surface area contributed by atoms with Crippen molar-refractivity contribution in [2.24, 2.45) is 7.05 Å². The van der Waals surface area contributed by atoms with Gasteiger partial charge in [-0.25, -0.2) is 14.5 Å². The first-order chi connectivity index (χ1) is 20.2. The molecule has 1 amide bonds. The van der Waals surface area contributed by atoms with E-state index in [9.17, 15) is 9.59 Å². The molecule has 11 nitrogen and oxygen atoms in total. The van der Waals surface area contributed by atoms with Gasteiger partial charge in [0.1, 0.15) is 11.4 Å². The first kappa shape index (κ1) is 26.6. The zero-order chi connectivity index (χ0) is 29.5. The van der Waals surface area contributed by atoms with Gasteiger partial charge in [-0.2, -0.15) is 5.10 Å². The van der Waals surface area contributed by atoms with Crippen LogP contribution in [0.5, 0.6) is 0 Å². The second-order valence-corrected chi connectivity index (χ2v) is 10.1. The average Bonchev–Trinajstić information content (AvgIpc) is 3.44. The Morgan fingerprint density at radius 1 is 1.02 bits per heavy atom. The van der Waals surface area contributed by atoms with Crippen LogP contribution in [-0.4, -0.2) is 39.8 Å². The summed E-state index contributed by atoms with van der Waals surface area (Å²) in [5.41, 5.74) is 11.1. The number of nitrogens with two attached hydrogens (primary N) is 1. The molecule has 0 fully saturated rings. The Hall–Kier alpha value is -5.58. The van der Waals surface area contributed by atoms with Crippen molar-refractivity contribution in [3.8, 4) is 5.69 Å². The van der Waals surface area contributed by atoms with Crippen LogP contribution in [-0.2, 0) is 7.05 Å². The van der Waals surface area contributed by atoms with E-state index in [0.29, 0.717) is 28.1 Å². The van der Waals surface area contributed by atoms with E-state index in [0.717, 1.165) is 22.5 Å². The first-order valence-corrected chi connectivity index (χ1v) is 13.4. The number of benzene rings is 2. The van der Waals surface area contributed by atoms with E-state index < -0.39 is 11.9 Å². The van der Waals surface area contributed by atoms with Gasteiger partial charge in [0.2, 0.25) is 0 Å². The lowest BCUT2D eigenvalue weighted by molar-refractivity contribution is 0.0940. The SMILES string of the molecule is Cc1nn(C)c(C)c1C=Cc1cccc2nc([C@@H](C)NC(=O)c3c(N)nn4cccnc34)n(-c3ccccc3)c(=O)c12. The van der Waals surface area contributed by atoms with Crippen molar-refractivity contribution >= 4 is 40.4 Å². The third-order valence-electron chi connectivity index (χ3n) is 7.35. The second kappa shape index (κ2) is 10.4. The van der Waals surface area contributed by atoms with Gasteiger partial charge in [-0.05, 0) is 50.6 Å². The lowest BCUT2D eigenvalue weighted by Gasteiger charge is -2.20. The van der Waals surface area contributed by atoms with E-state index >= 15 is 0 Å². The Labute approximate surface area is 241 Å². The molecular weight excluding hydrogens is 530 g/mol. The fourth-order valence-corrected chi connectivity index (χ4v) is 5.19. The van der Waals surface area contributed by atoms with Crippen LogP contribution < -0.4 is 16.6 Å². The van der Waals surface area contributed by atoms with Gasteiger partial charge in [0, 0.05) is 30.7 Å². The third kappa shape index (κ3) is 4.50. The minimum absolute atomic E-state index is 0.0563. The summed E-state index contributed by atoms with van der Waals surface area (Å²) >= 11 is 0. The number of carbonyl (C=O) groups is 1. The summed E-state index contributed by atoms with van der Waals surface area (Å²) in [6, 6.07) is 15.8. The predicted octanol–water partition coefficient (Wildman–Crippen LogP) is 4.02. The van der Waals surface area contributed by atoms with Crippen molar-refractivity contribution in [3.05, 3.63) is 111 Å². The quantitative estimate of drug-likeness (QED) is 0.314. The van der Waals surface area contributed by atoms with Gasteiger partial charge in [-0.3, -0.25) is 18.8 Å². The van der Waals surface area contributed by atoms with Gasteiger partial charge >= 0.3 is 0 Å². The first-order valence-electron chi connectivity index (χ1n) is 13.4. The van der Waals surface area contributed by atoms with Crippen LogP contribution in [0.15, 0.2) is 71.8 Å². The zero-order valence-electron chi connectivity index (χ0n) is 23.6. The summed E-state index contributed by atoms with van der Waals surface area (Å²) in [5.74, 6) is -0.0440. The van der Waals surface area contributed by atoms with Crippen molar-refractivity contribution in [1.82, 2.24) is 39.2 Å². The number of anilines is 1. The van der Waals surface area contributed by atoms with Crippen LogP contribution in [0.25, 0.3) is 34.4 Å². The highest BCUT2D eigenvalue weighted by atomic mass is 16.2. The van der Waals surface area contributed by atoms with E-state index in [1.54, 1.807) is 36.0 Å². The summed E-state index contributed by atoms with van der Waals surface area (Å²) in [7, 11) is 1.90. The summed E-state index contributed by atoms with van der Waals surface area (Å²) in [6.45, 7) is 5.74. The van der Waals surface area contributed by atoms with Crippen molar-refractivity contribution in [2.45, 2.75) is 26.8 Å².